The van der Waals surface area contributed by atoms with Crippen LogP contribution in [0.3, 0.4) is 0 Å². The van der Waals surface area contributed by atoms with Gasteiger partial charge in [0.25, 0.3) is 0 Å². The molecule has 13 heavy (non-hydrogen) atoms. The van der Waals surface area contributed by atoms with Gasteiger partial charge < -0.3 is 20.7 Å². The molecule has 0 radical (unpaired) electrons. The van der Waals surface area contributed by atoms with Gasteiger partial charge in [-0.1, -0.05) is 0 Å². The third kappa shape index (κ3) is 3.52. The summed E-state index contributed by atoms with van der Waals surface area (Å²) in [5.74, 6) is -4.04. The van der Waals surface area contributed by atoms with Gasteiger partial charge in [-0.2, -0.15) is 0 Å². The van der Waals surface area contributed by atoms with E-state index in [1.807, 2.05) is 0 Å². The third-order valence-electron chi connectivity index (χ3n) is 1.15. The molecule has 0 fully saturated rings. The van der Waals surface area contributed by atoms with Crippen molar-refractivity contribution < 1.29 is 29.3 Å². The van der Waals surface area contributed by atoms with E-state index in [0.29, 0.717) is 0 Å². The maximum Gasteiger partial charge on any atom is 0.347 e. The summed E-state index contributed by atoms with van der Waals surface area (Å²) < 4.78 is 4.19. The van der Waals surface area contributed by atoms with E-state index in [4.69, 9.17) is 15.9 Å². The van der Waals surface area contributed by atoms with E-state index < -0.39 is 30.1 Å². The highest BCUT2D eigenvalue weighted by atomic mass is 16.6. The molecule has 0 aliphatic heterocycles. The Labute approximate surface area is 73.1 Å². The zero-order valence-electron chi connectivity index (χ0n) is 6.76. The van der Waals surface area contributed by atoms with Crippen LogP contribution in [-0.2, 0) is 19.1 Å². The molecule has 7 heteroatoms. The molecule has 7 nitrogen and oxygen atoms in total. The summed E-state index contributed by atoms with van der Waals surface area (Å²) in [7, 11) is 0. The molecule has 4 N–H and O–H groups in total. The van der Waals surface area contributed by atoms with Gasteiger partial charge in [-0.25, -0.2) is 4.79 Å². The minimum atomic E-state index is -1.85. The lowest BCUT2D eigenvalue weighted by Gasteiger charge is -2.15. The summed E-state index contributed by atoms with van der Waals surface area (Å²) in [4.78, 5) is 31.0. The number of aliphatic carboxylic acids is 2. The number of nitrogens with two attached hydrogens (primary N) is 1. The Kier molecular flexibility index (Phi) is 3.86. The molecule has 0 aliphatic rings. The Bertz CT molecular complexity index is 237. The van der Waals surface area contributed by atoms with E-state index >= 15 is 0 Å². The van der Waals surface area contributed by atoms with Gasteiger partial charge in [0.15, 0.2) is 6.04 Å². The monoisotopic (exact) mass is 191 g/mol. The fraction of sp³-hybridized carbons (Fsp3) is 0.500. The Hall–Kier alpha value is -1.63. The van der Waals surface area contributed by atoms with Gasteiger partial charge in [-0.15, -0.1) is 0 Å². The van der Waals surface area contributed by atoms with E-state index in [2.05, 4.69) is 4.74 Å². The van der Waals surface area contributed by atoms with Crippen molar-refractivity contribution in [2.75, 3.05) is 0 Å². The van der Waals surface area contributed by atoms with Crippen LogP contribution in [0, 0.1) is 0 Å². The molecule has 0 aromatic carbocycles. The van der Waals surface area contributed by atoms with E-state index in [1.54, 1.807) is 0 Å². The molecular weight excluding hydrogens is 182 g/mol. The molecule has 0 saturated carbocycles. The Morgan fingerprint density at radius 2 is 1.69 bits per heavy atom. The van der Waals surface area contributed by atoms with Crippen LogP contribution in [0.5, 0.6) is 0 Å². The number of rotatable bonds is 4. The van der Waals surface area contributed by atoms with Crippen LogP contribution in [0.4, 0.5) is 0 Å². The van der Waals surface area contributed by atoms with Crippen LogP contribution >= 0.6 is 0 Å². The van der Waals surface area contributed by atoms with E-state index in [-0.39, 0.29) is 0 Å². The van der Waals surface area contributed by atoms with Crippen LogP contribution in [-0.4, -0.2) is 40.3 Å². The predicted octanol–water partition coefficient (Wildman–Crippen LogP) is -1.59. The molecule has 0 spiro atoms. The quantitative estimate of drug-likeness (QED) is 0.457. The number of hydrogen-bond acceptors (Lipinski definition) is 5. The number of carboxylic acid groups (broad SMARTS) is 2. The normalized spacial score (nSPS) is 14.3. The summed E-state index contributed by atoms with van der Waals surface area (Å²) in [6.07, 6.45) is -1.85. The molecule has 74 valence electrons. The van der Waals surface area contributed by atoms with Crippen molar-refractivity contribution in [3.63, 3.8) is 0 Å². The second kappa shape index (κ2) is 4.41. The van der Waals surface area contributed by atoms with Crippen LogP contribution in [0.25, 0.3) is 0 Å². The molecular formula is C6H9NO6. The molecule has 0 bridgehead atoms. The van der Waals surface area contributed by atoms with Crippen LogP contribution < -0.4 is 5.73 Å². The van der Waals surface area contributed by atoms with Crippen LogP contribution in [0.15, 0.2) is 0 Å². The maximum atomic E-state index is 10.4. The zero-order chi connectivity index (χ0) is 10.6. The average molecular weight is 191 g/mol. The van der Waals surface area contributed by atoms with Gasteiger partial charge >= 0.3 is 17.9 Å². The van der Waals surface area contributed by atoms with Gasteiger partial charge in [0.05, 0.1) is 0 Å². The fourth-order valence-corrected chi connectivity index (χ4v) is 0.586. The molecule has 0 aromatic rings. The van der Waals surface area contributed by atoms with Crippen molar-refractivity contribution in [1.29, 1.82) is 0 Å². The summed E-state index contributed by atoms with van der Waals surface area (Å²) >= 11 is 0. The Balaban J connectivity index is 4.51. The van der Waals surface area contributed by atoms with Crippen molar-refractivity contribution in [3.05, 3.63) is 0 Å². The highest BCUT2D eigenvalue weighted by Gasteiger charge is 2.33. The average Bonchev–Trinajstić information content (AvgIpc) is 1.97. The van der Waals surface area contributed by atoms with E-state index in [0.717, 1.165) is 6.92 Å². The highest BCUT2D eigenvalue weighted by Crippen LogP contribution is 1.98. The van der Waals surface area contributed by atoms with Crippen molar-refractivity contribution in [2.24, 2.45) is 5.73 Å². The van der Waals surface area contributed by atoms with Gasteiger partial charge in [-0.05, 0) is 0 Å². The van der Waals surface area contributed by atoms with Crippen molar-refractivity contribution >= 4 is 17.9 Å². The molecule has 0 rings (SSSR count). The Morgan fingerprint density at radius 1 is 1.23 bits per heavy atom. The SMILES string of the molecule is CC(=O)OC(C(=O)O)C(N)C(=O)O. The molecule has 2 unspecified atom stereocenters. The molecule has 0 amide bonds. The number of esters is 1. The minimum absolute atomic E-state index is 0.899. The topological polar surface area (TPSA) is 127 Å². The first-order valence-corrected chi connectivity index (χ1v) is 3.24. The third-order valence-corrected chi connectivity index (χ3v) is 1.15. The van der Waals surface area contributed by atoms with Gasteiger partial charge in [0, 0.05) is 6.92 Å². The molecule has 0 heterocycles. The number of ether oxygens (including phenoxy) is 1. The summed E-state index contributed by atoms with van der Waals surface area (Å²) in [6, 6.07) is -1.76. The number of carboxylic acids is 2. The highest BCUT2D eigenvalue weighted by molar-refractivity contribution is 5.86. The first-order chi connectivity index (χ1) is 5.86. The predicted molar refractivity (Wildman–Crippen MR) is 38.8 cm³/mol. The summed E-state index contributed by atoms with van der Waals surface area (Å²) in [6.45, 7) is 0.963. The first kappa shape index (κ1) is 11.4. The van der Waals surface area contributed by atoms with Crippen LogP contribution in [0.2, 0.25) is 0 Å². The molecule has 2 atom stereocenters. The van der Waals surface area contributed by atoms with Gasteiger partial charge in [0.2, 0.25) is 6.10 Å². The molecule has 0 aromatic heterocycles. The van der Waals surface area contributed by atoms with Crippen LogP contribution in [0.1, 0.15) is 6.92 Å². The lowest BCUT2D eigenvalue weighted by molar-refractivity contribution is -0.167. The van der Waals surface area contributed by atoms with Crippen molar-refractivity contribution in [1.82, 2.24) is 0 Å². The minimum Gasteiger partial charge on any atom is -0.480 e. The second-order valence-corrected chi connectivity index (χ2v) is 2.23. The number of carbonyl (C=O) groups excluding carboxylic acids is 1. The van der Waals surface area contributed by atoms with E-state index in [9.17, 15) is 14.4 Å². The smallest absolute Gasteiger partial charge is 0.347 e. The molecule has 0 saturated heterocycles. The number of hydrogen-bond donors (Lipinski definition) is 3. The van der Waals surface area contributed by atoms with Gasteiger partial charge in [-0.3, -0.25) is 9.59 Å². The second-order valence-electron chi connectivity index (χ2n) is 2.23. The first-order valence-electron chi connectivity index (χ1n) is 3.24. The van der Waals surface area contributed by atoms with Crippen molar-refractivity contribution in [2.45, 2.75) is 19.1 Å². The lowest BCUT2D eigenvalue weighted by atomic mass is 10.2. The van der Waals surface area contributed by atoms with Crippen molar-refractivity contribution in [3.8, 4) is 0 Å². The lowest BCUT2D eigenvalue weighted by Crippen LogP contribution is -2.48. The fourth-order valence-electron chi connectivity index (χ4n) is 0.586. The Morgan fingerprint density at radius 3 is 1.92 bits per heavy atom. The molecule has 0 aliphatic carbocycles. The maximum absolute atomic E-state index is 10.4. The van der Waals surface area contributed by atoms with Gasteiger partial charge in [0.1, 0.15) is 0 Å². The zero-order valence-corrected chi connectivity index (χ0v) is 6.76. The standard InChI is InChI=1S/C6H9NO6/c1-2(8)13-4(6(11)12)3(7)5(9)10/h3-4H,7H2,1H3,(H,9,10)(H,11,12). The largest absolute Gasteiger partial charge is 0.480 e. The number of carbonyl (C=O) groups is 3. The van der Waals surface area contributed by atoms with E-state index in [1.165, 1.54) is 0 Å². The summed E-state index contributed by atoms with van der Waals surface area (Å²) in [5.41, 5.74) is 4.95. The summed E-state index contributed by atoms with van der Waals surface area (Å²) in [5, 5.41) is 16.8.